The van der Waals surface area contributed by atoms with Crippen LogP contribution in [-0.4, -0.2) is 58.6 Å². The molecule has 3 aliphatic rings. The summed E-state index contributed by atoms with van der Waals surface area (Å²) in [5, 5.41) is 0. The van der Waals surface area contributed by atoms with Gasteiger partial charge in [0.05, 0.1) is 11.0 Å². The number of piperidine rings is 1. The Morgan fingerprint density at radius 2 is 1.73 bits per heavy atom. The molecular formula is C26H30N4. The minimum absolute atomic E-state index is 0.748. The number of hydrogen-bond acceptors (Lipinski definition) is 3. The van der Waals surface area contributed by atoms with E-state index in [1.54, 1.807) is 0 Å². The summed E-state index contributed by atoms with van der Waals surface area (Å²) in [7, 11) is 2.24. The maximum atomic E-state index is 5.08. The van der Waals surface area contributed by atoms with Gasteiger partial charge in [0, 0.05) is 32.1 Å². The highest BCUT2D eigenvalue weighted by atomic mass is 15.2. The molecule has 0 unspecified atom stereocenters. The van der Waals surface area contributed by atoms with Gasteiger partial charge >= 0.3 is 0 Å². The highest BCUT2D eigenvalue weighted by molar-refractivity contribution is 5.83. The monoisotopic (exact) mass is 398 g/mol. The number of benzene rings is 2. The van der Waals surface area contributed by atoms with Crippen LogP contribution in [0.4, 0.5) is 0 Å². The number of allylic oxidation sites excluding steroid dienone is 1. The Morgan fingerprint density at radius 1 is 0.900 bits per heavy atom. The molecule has 0 amide bonds. The molecule has 30 heavy (non-hydrogen) atoms. The van der Waals surface area contributed by atoms with Crippen LogP contribution in [0.15, 0.2) is 42.5 Å². The molecule has 1 aromatic heterocycles. The Balaban J connectivity index is 1.25. The minimum atomic E-state index is 0.748. The van der Waals surface area contributed by atoms with E-state index in [2.05, 4.69) is 70.0 Å². The lowest BCUT2D eigenvalue weighted by Crippen LogP contribution is -2.44. The summed E-state index contributed by atoms with van der Waals surface area (Å²) in [6, 6.07) is 14.4. The van der Waals surface area contributed by atoms with E-state index in [4.69, 9.17) is 4.98 Å². The number of likely N-dealkylation sites (tertiary alicyclic amines) is 1. The average molecular weight is 399 g/mol. The highest BCUT2D eigenvalue weighted by Crippen LogP contribution is 2.30. The first-order valence-electron chi connectivity index (χ1n) is 11.5. The first kappa shape index (κ1) is 18.3. The maximum Gasteiger partial charge on any atom is 0.111 e. The van der Waals surface area contributed by atoms with Gasteiger partial charge in [-0.1, -0.05) is 30.4 Å². The molecule has 2 aliphatic heterocycles. The molecule has 3 aromatic rings. The van der Waals surface area contributed by atoms with Gasteiger partial charge in [0.2, 0.25) is 0 Å². The molecule has 0 saturated carbocycles. The Hall–Kier alpha value is -2.43. The number of hydrogen-bond donors (Lipinski definition) is 0. The van der Waals surface area contributed by atoms with E-state index in [0.717, 1.165) is 44.0 Å². The third-order valence-corrected chi connectivity index (χ3v) is 7.38. The van der Waals surface area contributed by atoms with Gasteiger partial charge in [-0.05, 0) is 79.9 Å². The Kier molecular flexibility index (Phi) is 4.50. The van der Waals surface area contributed by atoms with Crippen molar-refractivity contribution < 1.29 is 0 Å². The first-order chi connectivity index (χ1) is 14.7. The molecule has 1 saturated heterocycles. The van der Waals surface area contributed by atoms with E-state index >= 15 is 0 Å². The van der Waals surface area contributed by atoms with Crippen molar-refractivity contribution in [3.05, 3.63) is 59.4 Å². The van der Waals surface area contributed by atoms with Crippen molar-refractivity contribution >= 4 is 17.1 Å². The van der Waals surface area contributed by atoms with Crippen LogP contribution in [0.3, 0.4) is 0 Å². The molecule has 0 radical (unpaired) electrons. The van der Waals surface area contributed by atoms with Gasteiger partial charge in [0.25, 0.3) is 0 Å². The van der Waals surface area contributed by atoms with Gasteiger partial charge in [0.1, 0.15) is 5.82 Å². The molecule has 0 bridgehead atoms. The summed E-state index contributed by atoms with van der Waals surface area (Å²) in [4.78, 5) is 10.3. The standard InChI is InChI=1S/C26H30N4/c1-28-12-9-23(10-13-28)29-14-11-26-27-24-18-22(7-8-25(24)30(26)16-15-29)21-6-5-19-3-2-4-20(19)17-21/h2,4-8,17-18,23H,3,9-16H2,1H3. The molecule has 4 nitrogen and oxygen atoms in total. The van der Waals surface area contributed by atoms with E-state index in [0.29, 0.717) is 0 Å². The molecule has 1 aliphatic carbocycles. The summed E-state index contributed by atoms with van der Waals surface area (Å²) < 4.78 is 2.47. The number of aromatic nitrogens is 2. The van der Waals surface area contributed by atoms with Gasteiger partial charge < -0.3 is 9.47 Å². The zero-order valence-electron chi connectivity index (χ0n) is 17.8. The fourth-order valence-corrected chi connectivity index (χ4v) is 5.54. The van der Waals surface area contributed by atoms with Crippen LogP contribution in [0.5, 0.6) is 0 Å². The molecule has 2 aromatic carbocycles. The molecule has 1 fully saturated rings. The fraction of sp³-hybridized carbons (Fsp3) is 0.423. The third-order valence-electron chi connectivity index (χ3n) is 7.38. The van der Waals surface area contributed by atoms with E-state index in [9.17, 15) is 0 Å². The zero-order valence-corrected chi connectivity index (χ0v) is 17.8. The van der Waals surface area contributed by atoms with Crippen LogP contribution in [0.25, 0.3) is 28.2 Å². The minimum Gasteiger partial charge on any atom is -0.327 e. The van der Waals surface area contributed by atoms with Crippen molar-refractivity contribution in [1.29, 1.82) is 0 Å². The Morgan fingerprint density at radius 3 is 2.63 bits per heavy atom. The molecule has 6 rings (SSSR count). The van der Waals surface area contributed by atoms with Crippen LogP contribution in [0.1, 0.15) is 29.8 Å². The lowest BCUT2D eigenvalue weighted by Gasteiger charge is -2.36. The van der Waals surface area contributed by atoms with Crippen LogP contribution >= 0.6 is 0 Å². The van der Waals surface area contributed by atoms with Gasteiger partial charge in [-0.15, -0.1) is 0 Å². The fourth-order valence-electron chi connectivity index (χ4n) is 5.54. The van der Waals surface area contributed by atoms with Gasteiger partial charge in [-0.3, -0.25) is 4.90 Å². The van der Waals surface area contributed by atoms with Crippen LogP contribution in [-0.2, 0) is 19.4 Å². The van der Waals surface area contributed by atoms with Crippen molar-refractivity contribution in [1.82, 2.24) is 19.4 Å². The van der Waals surface area contributed by atoms with Crippen molar-refractivity contribution in [2.75, 3.05) is 33.2 Å². The predicted octanol–water partition coefficient (Wildman–Crippen LogP) is 4.22. The second kappa shape index (κ2) is 7.36. The van der Waals surface area contributed by atoms with Gasteiger partial charge in [-0.2, -0.15) is 0 Å². The SMILES string of the molecule is CN1CCC(N2CCc3nc4cc(-c5ccc6c(c5)C=CC6)ccc4n3CC2)CC1. The quantitative estimate of drug-likeness (QED) is 0.646. The number of rotatable bonds is 2. The number of fused-ring (bicyclic) bond motifs is 4. The van der Waals surface area contributed by atoms with E-state index in [1.165, 1.54) is 59.5 Å². The van der Waals surface area contributed by atoms with Gasteiger partial charge in [-0.25, -0.2) is 4.98 Å². The van der Waals surface area contributed by atoms with Gasteiger partial charge in [0.15, 0.2) is 0 Å². The van der Waals surface area contributed by atoms with Crippen LogP contribution in [0, 0.1) is 0 Å². The van der Waals surface area contributed by atoms with Crippen molar-refractivity contribution in [3.63, 3.8) is 0 Å². The third kappa shape index (κ3) is 3.19. The molecular weight excluding hydrogens is 368 g/mol. The Bertz CT molecular complexity index is 1120. The first-order valence-corrected chi connectivity index (χ1v) is 11.5. The maximum absolute atomic E-state index is 5.08. The normalized spacial score (nSPS) is 20.4. The highest BCUT2D eigenvalue weighted by Gasteiger charge is 2.26. The molecule has 3 heterocycles. The van der Waals surface area contributed by atoms with Crippen LogP contribution in [0.2, 0.25) is 0 Å². The second-order valence-electron chi connectivity index (χ2n) is 9.22. The molecule has 154 valence electrons. The second-order valence-corrected chi connectivity index (χ2v) is 9.22. The van der Waals surface area contributed by atoms with Crippen molar-refractivity contribution in [2.45, 2.75) is 38.3 Å². The summed E-state index contributed by atoms with van der Waals surface area (Å²) in [5.74, 6) is 1.26. The topological polar surface area (TPSA) is 24.3 Å². The summed E-state index contributed by atoms with van der Waals surface area (Å²) >= 11 is 0. The summed E-state index contributed by atoms with van der Waals surface area (Å²) in [5.41, 5.74) is 7.79. The Labute approximate surface area is 178 Å². The number of imidazole rings is 1. The van der Waals surface area contributed by atoms with E-state index in [-0.39, 0.29) is 0 Å². The molecule has 0 spiro atoms. The average Bonchev–Trinajstić information content (AvgIpc) is 3.32. The molecule has 0 N–H and O–H groups in total. The predicted molar refractivity (Wildman–Crippen MR) is 124 cm³/mol. The largest absolute Gasteiger partial charge is 0.327 e. The number of nitrogens with zero attached hydrogens (tertiary/aromatic N) is 4. The van der Waals surface area contributed by atoms with Crippen LogP contribution < -0.4 is 0 Å². The molecule has 4 heteroatoms. The van der Waals surface area contributed by atoms with E-state index < -0.39 is 0 Å². The summed E-state index contributed by atoms with van der Waals surface area (Å²) in [6.45, 7) is 5.81. The van der Waals surface area contributed by atoms with Crippen molar-refractivity contribution in [2.24, 2.45) is 0 Å². The molecule has 0 atom stereocenters. The summed E-state index contributed by atoms with van der Waals surface area (Å²) in [6.07, 6.45) is 9.22. The van der Waals surface area contributed by atoms with Crippen molar-refractivity contribution in [3.8, 4) is 11.1 Å². The van der Waals surface area contributed by atoms with E-state index in [1.807, 2.05) is 0 Å². The lowest BCUT2D eigenvalue weighted by atomic mass is 10.00. The lowest BCUT2D eigenvalue weighted by molar-refractivity contribution is 0.123. The smallest absolute Gasteiger partial charge is 0.111 e. The zero-order chi connectivity index (χ0) is 20.1.